The van der Waals surface area contributed by atoms with Crippen LogP contribution in [0.4, 0.5) is 13.2 Å². The van der Waals surface area contributed by atoms with Crippen molar-refractivity contribution in [3.8, 4) is 11.3 Å². The second kappa shape index (κ2) is 6.99. The topological polar surface area (TPSA) is 119 Å². The zero-order valence-electron chi connectivity index (χ0n) is 14.6. The number of carboxylic acid groups (broad SMARTS) is 1. The molecule has 0 saturated carbocycles. The fourth-order valence-electron chi connectivity index (χ4n) is 2.61. The quantitative estimate of drug-likeness (QED) is 0.709. The smallest absolute Gasteiger partial charge is 0.441 e. The van der Waals surface area contributed by atoms with Gasteiger partial charge in [-0.1, -0.05) is 12.1 Å². The maximum atomic E-state index is 12.9. The number of furan rings is 1. The minimum Gasteiger partial charge on any atom is -0.478 e. The predicted octanol–water partition coefficient (Wildman–Crippen LogP) is 3.83. The normalized spacial score (nSPS) is 17.8. The van der Waals surface area contributed by atoms with Crippen molar-refractivity contribution in [2.45, 2.75) is 6.18 Å². The Morgan fingerprint density at radius 2 is 1.90 bits per heavy atom. The van der Waals surface area contributed by atoms with E-state index in [0.717, 1.165) is 0 Å². The standard InChI is InChI=1S/C18H9F3N4O4S/c19-18(20,21)16-24-25-13(22)11(14(26)23-17(25)30-16)7-10-5-6-12(29-10)8-1-3-9(4-2-8)15(27)28/h1-7,22H,(H,27,28). The summed E-state index contributed by atoms with van der Waals surface area (Å²) in [6.45, 7) is 0. The number of amidine groups is 2. The molecule has 0 fully saturated rings. The van der Waals surface area contributed by atoms with E-state index in [1.807, 2.05) is 0 Å². The van der Waals surface area contributed by atoms with E-state index in [1.165, 1.54) is 24.3 Å². The van der Waals surface area contributed by atoms with Gasteiger partial charge in [0.25, 0.3) is 5.91 Å². The van der Waals surface area contributed by atoms with Crippen LogP contribution in [0.1, 0.15) is 16.1 Å². The second-order valence-corrected chi connectivity index (χ2v) is 6.96. The van der Waals surface area contributed by atoms with Crippen LogP contribution in [-0.4, -0.2) is 44.2 Å². The fourth-order valence-corrected chi connectivity index (χ4v) is 3.37. The molecule has 2 N–H and O–H groups in total. The molecule has 1 amide bonds. The Hall–Kier alpha value is -3.67. The summed E-state index contributed by atoms with van der Waals surface area (Å²) in [4.78, 5) is 26.7. The molecule has 8 nitrogen and oxygen atoms in total. The first kappa shape index (κ1) is 19.6. The lowest BCUT2D eigenvalue weighted by Gasteiger charge is -2.19. The molecule has 3 heterocycles. The molecular weight excluding hydrogens is 425 g/mol. The molecule has 4 rings (SSSR count). The molecule has 30 heavy (non-hydrogen) atoms. The average Bonchev–Trinajstić information content (AvgIpc) is 3.32. The number of thioether (sulfide) groups is 1. The van der Waals surface area contributed by atoms with Crippen LogP contribution in [0.3, 0.4) is 0 Å². The molecule has 12 heteroatoms. The van der Waals surface area contributed by atoms with Crippen LogP contribution in [0, 0.1) is 5.41 Å². The minimum atomic E-state index is -4.72. The first-order valence-corrected chi connectivity index (χ1v) is 8.96. The maximum Gasteiger partial charge on any atom is 0.441 e. The number of carbonyl (C=O) groups excluding carboxylic acids is 1. The van der Waals surface area contributed by atoms with Gasteiger partial charge in [0.2, 0.25) is 10.2 Å². The molecule has 1 aromatic carbocycles. The van der Waals surface area contributed by atoms with Gasteiger partial charge in [-0.05, 0) is 42.1 Å². The van der Waals surface area contributed by atoms with E-state index in [0.29, 0.717) is 16.3 Å². The van der Waals surface area contributed by atoms with Crippen LogP contribution >= 0.6 is 11.8 Å². The van der Waals surface area contributed by atoms with Gasteiger partial charge in [0.05, 0.1) is 11.1 Å². The SMILES string of the molecule is N=C1C(=Cc2ccc(-c3ccc(C(=O)O)cc3)o2)C(=O)N=C2SC(C(F)(F)F)=NN12. The van der Waals surface area contributed by atoms with E-state index in [-0.39, 0.29) is 33.8 Å². The minimum absolute atomic E-state index is 0.102. The van der Waals surface area contributed by atoms with Gasteiger partial charge in [-0.15, -0.1) is 0 Å². The van der Waals surface area contributed by atoms with Gasteiger partial charge in [0.15, 0.2) is 5.84 Å². The van der Waals surface area contributed by atoms with Crippen LogP contribution in [0.2, 0.25) is 0 Å². The Morgan fingerprint density at radius 1 is 1.20 bits per heavy atom. The number of carbonyl (C=O) groups is 2. The number of nitrogens with one attached hydrogen (secondary N) is 1. The number of hydrogen-bond acceptors (Lipinski definition) is 6. The Balaban J connectivity index is 1.62. The number of fused-ring (bicyclic) bond motifs is 1. The van der Waals surface area contributed by atoms with E-state index in [2.05, 4.69) is 10.1 Å². The van der Waals surface area contributed by atoms with Crippen molar-refractivity contribution in [2.24, 2.45) is 10.1 Å². The Labute approximate surface area is 169 Å². The molecule has 0 saturated heterocycles. The van der Waals surface area contributed by atoms with E-state index in [4.69, 9.17) is 14.9 Å². The first-order valence-electron chi connectivity index (χ1n) is 8.14. The van der Waals surface area contributed by atoms with E-state index in [9.17, 15) is 22.8 Å². The van der Waals surface area contributed by atoms with Crippen molar-refractivity contribution in [3.05, 3.63) is 53.3 Å². The predicted molar refractivity (Wildman–Crippen MR) is 102 cm³/mol. The number of hydrazone groups is 1. The zero-order chi connectivity index (χ0) is 21.6. The molecule has 152 valence electrons. The highest BCUT2D eigenvalue weighted by atomic mass is 32.2. The molecule has 0 atom stereocenters. The molecule has 0 spiro atoms. The lowest BCUT2D eigenvalue weighted by Crippen LogP contribution is -2.35. The maximum absolute atomic E-state index is 12.9. The van der Waals surface area contributed by atoms with E-state index >= 15 is 0 Å². The average molecular weight is 434 g/mol. The van der Waals surface area contributed by atoms with Crippen molar-refractivity contribution < 1.29 is 32.3 Å². The van der Waals surface area contributed by atoms with Gasteiger partial charge < -0.3 is 9.52 Å². The van der Waals surface area contributed by atoms with Crippen LogP contribution < -0.4 is 0 Å². The third kappa shape index (κ3) is 3.52. The summed E-state index contributed by atoms with van der Waals surface area (Å²) in [5, 5.41) is 19.4. The summed E-state index contributed by atoms with van der Waals surface area (Å²) in [6, 6.07) is 8.94. The molecule has 2 aromatic rings. The van der Waals surface area contributed by atoms with Gasteiger partial charge in [-0.2, -0.15) is 28.3 Å². The Bertz CT molecular complexity index is 1180. The summed E-state index contributed by atoms with van der Waals surface area (Å²) in [7, 11) is 0. The zero-order valence-corrected chi connectivity index (χ0v) is 15.4. The number of hydrogen-bond donors (Lipinski definition) is 2. The number of alkyl halides is 3. The number of rotatable bonds is 3. The largest absolute Gasteiger partial charge is 0.478 e. The van der Waals surface area contributed by atoms with E-state index in [1.54, 1.807) is 18.2 Å². The Kier molecular flexibility index (Phi) is 4.57. The first-order chi connectivity index (χ1) is 14.1. The highest BCUT2D eigenvalue weighted by Crippen LogP contribution is 2.35. The van der Waals surface area contributed by atoms with Crippen molar-refractivity contribution >= 4 is 45.8 Å². The van der Waals surface area contributed by atoms with Crippen LogP contribution in [0.15, 0.2) is 56.5 Å². The third-order valence-electron chi connectivity index (χ3n) is 4.03. The Morgan fingerprint density at radius 3 is 2.53 bits per heavy atom. The monoisotopic (exact) mass is 434 g/mol. The van der Waals surface area contributed by atoms with Crippen molar-refractivity contribution in [1.82, 2.24) is 5.01 Å². The number of aliphatic imine (C=N–C) groups is 1. The van der Waals surface area contributed by atoms with Crippen molar-refractivity contribution in [3.63, 3.8) is 0 Å². The van der Waals surface area contributed by atoms with Crippen LogP contribution in [0.25, 0.3) is 17.4 Å². The summed E-state index contributed by atoms with van der Waals surface area (Å²) in [6.07, 6.45) is -3.53. The molecule has 2 aliphatic heterocycles. The van der Waals surface area contributed by atoms with E-state index < -0.39 is 28.9 Å². The molecule has 0 bridgehead atoms. The lowest BCUT2D eigenvalue weighted by atomic mass is 10.1. The molecule has 1 aromatic heterocycles. The summed E-state index contributed by atoms with van der Waals surface area (Å²) >= 11 is 0.169. The highest BCUT2D eigenvalue weighted by Gasteiger charge is 2.46. The summed E-state index contributed by atoms with van der Waals surface area (Å²) in [5.74, 6) is -1.99. The molecule has 2 aliphatic rings. The fraction of sp³-hybridized carbons (Fsp3) is 0.0556. The number of halogens is 3. The number of benzene rings is 1. The summed E-state index contributed by atoms with van der Waals surface area (Å²) in [5.41, 5.74) is 0.392. The molecular formula is C18H9F3N4O4S. The number of nitrogens with zero attached hydrogens (tertiary/aromatic N) is 3. The van der Waals surface area contributed by atoms with Gasteiger partial charge >= 0.3 is 12.1 Å². The van der Waals surface area contributed by atoms with Crippen LogP contribution in [-0.2, 0) is 4.79 Å². The van der Waals surface area contributed by atoms with Gasteiger partial charge in [0.1, 0.15) is 11.5 Å². The van der Waals surface area contributed by atoms with Crippen molar-refractivity contribution in [2.75, 3.05) is 0 Å². The van der Waals surface area contributed by atoms with Gasteiger partial charge in [-0.25, -0.2) is 4.79 Å². The number of amides is 1. The van der Waals surface area contributed by atoms with Crippen molar-refractivity contribution in [1.29, 1.82) is 5.41 Å². The van der Waals surface area contributed by atoms with Crippen LogP contribution in [0.5, 0.6) is 0 Å². The van der Waals surface area contributed by atoms with Gasteiger partial charge in [-0.3, -0.25) is 10.2 Å². The molecule has 0 radical (unpaired) electrons. The molecule has 0 aliphatic carbocycles. The summed E-state index contributed by atoms with van der Waals surface area (Å²) < 4.78 is 44.1. The number of carboxylic acids is 1. The number of aromatic carboxylic acids is 1. The molecule has 0 unspecified atom stereocenters. The highest BCUT2D eigenvalue weighted by molar-refractivity contribution is 8.27. The second-order valence-electron chi connectivity index (χ2n) is 6.01. The third-order valence-corrected chi connectivity index (χ3v) is 4.98. The lowest BCUT2D eigenvalue weighted by molar-refractivity contribution is -0.114. The van der Waals surface area contributed by atoms with Gasteiger partial charge in [0, 0.05) is 5.56 Å².